The van der Waals surface area contributed by atoms with Crippen molar-refractivity contribution in [1.29, 1.82) is 0 Å². The first kappa shape index (κ1) is 11.1. The van der Waals surface area contributed by atoms with Crippen molar-refractivity contribution in [2.45, 2.75) is 18.9 Å². The van der Waals surface area contributed by atoms with Crippen LogP contribution in [0.1, 0.15) is 24.4 Å². The number of hydrogen-bond acceptors (Lipinski definition) is 2. The van der Waals surface area contributed by atoms with Crippen LogP contribution in [-0.2, 0) is 4.74 Å². The van der Waals surface area contributed by atoms with E-state index in [9.17, 15) is 4.39 Å². The molecule has 14 heavy (non-hydrogen) atoms. The molecule has 0 saturated heterocycles. The zero-order valence-corrected chi connectivity index (χ0v) is 8.37. The van der Waals surface area contributed by atoms with Crippen LogP contribution in [-0.4, -0.2) is 13.7 Å². The monoisotopic (exact) mass is 197 g/mol. The predicted octanol–water partition coefficient (Wildman–Crippen LogP) is 2.25. The van der Waals surface area contributed by atoms with Gasteiger partial charge in [0.15, 0.2) is 0 Å². The summed E-state index contributed by atoms with van der Waals surface area (Å²) in [7, 11) is 1.65. The normalized spacial score (nSPS) is 12.8. The van der Waals surface area contributed by atoms with E-state index < -0.39 is 0 Å². The Morgan fingerprint density at radius 3 is 2.79 bits per heavy atom. The topological polar surface area (TPSA) is 35.2 Å². The van der Waals surface area contributed by atoms with Crippen LogP contribution in [0.4, 0.5) is 4.39 Å². The molecule has 1 atom stereocenters. The van der Waals surface area contributed by atoms with Crippen LogP contribution in [0.3, 0.4) is 0 Å². The van der Waals surface area contributed by atoms with Gasteiger partial charge >= 0.3 is 0 Å². The highest BCUT2D eigenvalue weighted by molar-refractivity contribution is 5.20. The second-order valence-electron chi connectivity index (χ2n) is 3.26. The molecule has 0 bridgehead atoms. The lowest BCUT2D eigenvalue weighted by molar-refractivity contribution is 0.190. The van der Waals surface area contributed by atoms with Crippen LogP contribution < -0.4 is 5.73 Å². The number of benzene rings is 1. The molecule has 2 nitrogen and oxygen atoms in total. The average Bonchev–Trinajstić information content (AvgIpc) is 2.18. The fourth-order valence-electron chi connectivity index (χ4n) is 1.38. The minimum Gasteiger partial charge on any atom is -0.385 e. The standard InChI is InChI=1S/C11H16FNO/c1-14-8-4-7-11(13)9-5-2-3-6-10(9)12/h2-3,5-6,11H,4,7-8,13H2,1H3. The van der Waals surface area contributed by atoms with Gasteiger partial charge in [-0.3, -0.25) is 0 Å². The van der Waals surface area contributed by atoms with Gasteiger partial charge in [0, 0.05) is 25.3 Å². The van der Waals surface area contributed by atoms with E-state index in [1.807, 2.05) is 0 Å². The summed E-state index contributed by atoms with van der Waals surface area (Å²) in [6, 6.07) is 6.40. The van der Waals surface area contributed by atoms with Gasteiger partial charge in [-0.25, -0.2) is 4.39 Å². The molecule has 2 N–H and O–H groups in total. The highest BCUT2D eigenvalue weighted by Gasteiger charge is 2.09. The Morgan fingerprint density at radius 1 is 1.43 bits per heavy atom. The van der Waals surface area contributed by atoms with Gasteiger partial charge < -0.3 is 10.5 Å². The van der Waals surface area contributed by atoms with Crippen molar-refractivity contribution in [2.75, 3.05) is 13.7 Å². The van der Waals surface area contributed by atoms with Crippen LogP contribution in [0.25, 0.3) is 0 Å². The van der Waals surface area contributed by atoms with Crippen LogP contribution in [0.2, 0.25) is 0 Å². The number of ether oxygens (including phenoxy) is 1. The van der Waals surface area contributed by atoms with Gasteiger partial charge in [0.05, 0.1) is 0 Å². The Labute approximate surface area is 83.9 Å². The van der Waals surface area contributed by atoms with Gasteiger partial charge in [-0.2, -0.15) is 0 Å². The van der Waals surface area contributed by atoms with Crippen molar-refractivity contribution in [3.05, 3.63) is 35.6 Å². The van der Waals surface area contributed by atoms with Gasteiger partial charge in [0.1, 0.15) is 5.82 Å². The summed E-state index contributed by atoms with van der Waals surface area (Å²) in [4.78, 5) is 0. The molecular formula is C11H16FNO. The zero-order valence-electron chi connectivity index (χ0n) is 8.37. The van der Waals surface area contributed by atoms with Gasteiger partial charge in [-0.1, -0.05) is 18.2 Å². The second-order valence-corrected chi connectivity index (χ2v) is 3.26. The number of nitrogens with two attached hydrogens (primary N) is 1. The molecule has 1 unspecified atom stereocenters. The van der Waals surface area contributed by atoms with Crippen LogP contribution in [0.5, 0.6) is 0 Å². The van der Waals surface area contributed by atoms with Crippen molar-refractivity contribution in [3.63, 3.8) is 0 Å². The molecule has 1 aromatic rings. The second kappa shape index (κ2) is 5.73. The Bertz CT molecular complexity index is 278. The lowest BCUT2D eigenvalue weighted by atomic mass is 10.0. The van der Waals surface area contributed by atoms with E-state index in [-0.39, 0.29) is 11.9 Å². The van der Waals surface area contributed by atoms with E-state index in [4.69, 9.17) is 10.5 Å². The minimum atomic E-state index is -0.230. The lowest BCUT2D eigenvalue weighted by Gasteiger charge is -2.12. The Balaban J connectivity index is 2.51. The van der Waals surface area contributed by atoms with E-state index in [1.165, 1.54) is 6.07 Å². The lowest BCUT2D eigenvalue weighted by Crippen LogP contribution is -2.12. The van der Waals surface area contributed by atoms with E-state index >= 15 is 0 Å². The summed E-state index contributed by atoms with van der Waals surface area (Å²) in [5, 5.41) is 0. The van der Waals surface area contributed by atoms with E-state index in [0.717, 1.165) is 12.8 Å². The Hall–Kier alpha value is -0.930. The first-order valence-corrected chi connectivity index (χ1v) is 4.74. The molecular weight excluding hydrogens is 181 g/mol. The molecule has 0 aliphatic rings. The van der Waals surface area contributed by atoms with Crippen molar-refractivity contribution in [1.82, 2.24) is 0 Å². The molecule has 0 amide bonds. The molecule has 0 saturated carbocycles. The smallest absolute Gasteiger partial charge is 0.127 e. The van der Waals surface area contributed by atoms with Crippen LogP contribution >= 0.6 is 0 Å². The third kappa shape index (κ3) is 3.09. The molecule has 3 heteroatoms. The zero-order chi connectivity index (χ0) is 10.4. The largest absolute Gasteiger partial charge is 0.385 e. The molecule has 0 fully saturated rings. The number of halogens is 1. The highest BCUT2D eigenvalue weighted by atomic mass is 19.1. The number of methoxy groups -OCH3 is 1. The van der Waals surface area contributed by atoms with Crippen molar-refractivity contribution in [3.8, 4) is 0 Å². The summed E-state index contributed by atoms with van der Waals surface area (Å²) >= 11 is 0. The summed E-state index contributed by atoms with van der Waals surface area (Å²) in [6.45, 7) is 0.669. The third-order valence-electron chi connectivity index (χ3n) is 2.17. The third-order valence-corrected chi connectivity index (χ3v) is 2.17. The van der Waals surface area contributed by atoms with Crippen molar-refractivity contribution >= 4 is 0 Å². The van der Waals surface area contributed by atoms with Gasteiger partial charge in [0.2, 0.25) is 0 Å². The maximum Gasteiger partial charge on any atom is 0.127 e. The predicted molar refractivity (Wildman–Crippen MR) is 54.4 cm³/mol. The minimum absolute atomic E-state index is 0.225. The highest BCUT2D eigenvalue weighted by Crippen LogP contribution is 2.18. The fourth-order valence-corrected chi connectivity index (χ4v) is 1.38. The summed E-state index contributed by atoms with van der Waals surface area (Å²) < 4.78 is 18.1. The molecule has 0 spiro atoms. The van der Waals surface area contributed by atoms with Crippen molar-refractivity contribution < 1.29 is 9.13 Å². The quantitative estimate of drug-likeness (QED) is 0.735. The van der Waals surface area contributed by atoms with Crippen molar-refractivity contribution in [2.24, 2.45) is 5.73 Å². The van der Waals surface area contributed by atoms with Crippen LogP contribution in [0.15, 0.2) is 24.3 Å². The molecule has 0 aromatic heterocycles. The molecule has 0 aliphatic carbocycles. The molecule has 1 rings (SSSR count). The fraction of sp³-hybridized carbons (Fsp3) is 0.455. The SMILES string of the molecule is COCCCC(N)c1ccccc1F. The summed E-state index contributed by atoms with van der Waals surface area (Å²) in [5.74, 6) is -0.225. The number of hydrogen-bond donors (Lipinski definition) is 1. The van der Waals surface area contributed by atoms with Gasteiger partial charge in [0.25, 0.3) is 0 Å². The maximum atomic E-state index is 13.2. The molecule has 0 aliphatic heterocycles. The average molecular weight is 197 g/mol. The first-order valence-electron chi connectivity index (χ1n) is 4.74. The maximum absolute atomic E-state index is 13.2. The van der Waals surface area contributed by atoms with E-state index in [0.29, 0.717) is 12.2 Å². The van der Waals surface area contributed by atoms with Crippen LogP contribution in [0, 0.1) is 5.82 Å². The molecule has 0 radical (unpaired) electrons. The van der Waals surface area contributed by atoms with E-state index in [2.05, 4.69) is 0 Å². The van der Waals surface area contributed by atoms with Gasteiger partial charge in [-0.15, -0.1) is 0 Å². The molecule has 1 aromatic carbocycles. The number of rotatable bonds is 5. The van der Waals surface area contributed by atoms with E-state index in [1.54, 1.807) is 25.3 Å². The van der Waals surface area contributed by atoms with Gasteiger partial charge in [-0.05, 0) is 18.9 Å². The summed E-state index contributed by atoms with van der Waals surface area (Å²) in [5.41, 5.74) is 6.43. The molecule has 0 heterocycles. The molecule has 78 valence electrons. The first-order chi connectivity index (χ1) is 6.75. The Morgan fingerprint density at radius 2 is 2.14 bits per heavy atom. The summed E-state index contributed by atoms with van der Waals surface area (Å²) in [6.07, 6.45) is 1.60. The Kier molecular flexibility index (Phi) is 4.56.